The van der Waals surface area contributed by atoms with E-state index < -0.39 is 0 Å². The number of hydrogen-bond acceptors (Lipinski definition) is 5. The minimum Gasteiger partial charge on any atom is -0.493 e. The van der Waals surface area contributed by atoms with Gasteiger partial charge in [0.15, 0.2) is 0 Å². The first-order chi connectivity index (χ1) is 10.9. The normalized spacial score (nSPS) is 20.7. The molecule has 1 aromatic rings. The van der Waals surface area contributed by atoms with E-state index in [1.54, 1.807) is 25.1 Å². The average Bonchev–Trinajstić information content (AvgIpc) is 2.48. The quantitative estimate of drug-likeness (QED) is 0.477. The first-order valence-electron chi connectivity index (χ1n) is 8.09. The standard InChI is InChI=1S/C18H26N2O3/c1-12(2)18(21)23-16-5-3-13(4-6-16)7-8-22-17-10-14(19)9-15(20)11-17/h9-11,13,16H,1,3-8,19-20H2,2H3. The number of esters is 1. The Balaban J connectivity index is 1.68. The molecule has 2 rings (SSSR count). The summed E-state index contributed by atoms with van der Waals surface area (Å²) in [6, 6.07) is 5.27. The number of carbonyl (C=O) groups excluding carboxylic acids is 1. The van der Waals surface area contributed by atoms with Gasteiger partial charge in [-0.15, -0.1) is 0 Å². The maximum atomic E-state index is 11.5. The smallest absolute Gasteiger partial charge is 0.333 e. The van der Waals surface area contributed by atoms with Gasteiger partial charge in [0, 0.05) is 29.1 Å². The molecule has 0 aromatic heterocycles. The van der Waals surface area contributed by atoms with Crippen molar-refractivity contribution < 1.29 is 14.3 Å². The number of rotatable bonds is 6. The molecule has 0 saturated heterocycles. The van der Waals surface area contributed by atoms with Crippen molar-refractivity contribution in [1.82, 2.24) is 0 Å². The lowest BCUT2D eigenvalue weighted by Gasteiger charge is -2.28. The molecule has 4 N–H and O–H groups in total. The second kappa shape index (κ2) is 7.90. The highest BCUT2D eigenvalue weighted by molar-refractivity contribution is 5.87. The third-order valence-corrected chi connectivity index (χ3v) is 4.16. The number of hydrogen-bond donors (Lipinski definition) is 2. The van der Waals surface area contributed by atoms with E-state index in [-0.39, 0.29) is 12.1 Å². The lowest BCUT2D eigenvalue weighted by Crippen LogP contribution is -2.25. The monoisotopic (exact) mass is 318 g/mol. The number of carbonyl (C=O) groups is 1. The molecule has 1 saturated carbocycles. The van der Waals surface area contributed by atoms with Gasteiger partial charge in [-0.1, -0.05) is 6.58 Å². The van der Waals surface area contributed by atoms with Crippen molar-refractivity contribution in [1.29, 1.82) is 0 Å². The molecule has 0 spiro atoms. The molecule has 5 heteroatoms. The van der Waals surface area contributed by atoms with Crippen LogP contribution in [-0.2, 0) is 9.53 Å². The van der Waals surface area contributed by atoms with Crippen LogP contribution in [0.25, 0.3) is 0 Å². The van der Waals surface area contributed by atoms with Gasteiger partial charge in [0.05, 0.1) is 6.61 Å². The Morgan fingerprint density at radius 1 is 1.17 bits per heavy atom. The van der Waals surface area contributed by atoms with E-state index >= 15 is 0 Å². The van der Waals surface area contributed by atoms with Crippen molar-refractivity contribution in [3.05, 3.63) is 30.4 Å². The molecular weight excluding hydrogens is 292 g/mol. The number of anilines is 2. The van der Waals surface area contributed by atoms with Gasteiger partial charge in [-0.3, -0.25) is 0 Å². The fourth-order valence-electron chi connectivity index (χ4n) is 2.86. The first kappa shape index (κ1) is 17.2. The van der Waals surface area contributed by atoms with E-state index in [0.29, 0.717) is 35.2 Å². The summed E-state index contributed by atoms with van der Waals surface area (Å²) < 4.78 is 11.1. The fourth-order valence-corrected chi connectivity index (χ4v) is 2.86. The van der Waals surface area contributed by atoms with Crippen LogP contribution in [0.15, 0.2) is 30.4 Å². The Bertz CT molecular complexity index is 543. The lowest BCUT2D eigenvalue weighted by atomic mass is 9.85. The Morgan fingerprint density at radius 2 is 1.78 bits per heavy atom. The Morgan fingerprint density at radius 3 is 2.35 bits per heavy atom. The highest BCUT2D eigenvalue weighted by Crippen LogP contribution is 2.29. The van der Waals surface area contributed by atoms with E-state index in [1.165, 1.54) is 0 Å². The van der Waals surface area contributed by atoms with Gasteiger partial charge in [-0.2, -0.15) is 0 Å². The van der Waals surface area contributed by atoms with Crippen molar-refractivity contribution in [2.24, 2.45) is 5.92 Å². The first-order valence-corrected chi connectivity index (χ1v) is 8.09. The maximum Gasteiger partial charge on any atom is 0.333 e. The van der Waals surface area contributed by atoms with Crippen molar-refractivity contribution >= 4 is 17.3 Å². The number of nitrogens with two attached hydrogens (primary N) is 2. The Hall–Kier alpha value is -2.17. The molecule has 0 atom stereocenters. The molecule has 1 fully saturated rings. The molecule has 0 heterocycles. The molecule has 0 unspecified atom stereocenters. The van der Waals surface area contributed by atoms with Gasteiger partial charge in [0.2, 0.25) is 0 Å². The van der Waals surface area contributed by atoms with Gasteiger partial charge in [0.25, 0.3) is 0 Å². The number of ether oxygens (including phenoxy) is 2. The summed E-state index contributed by atoms with van der Waals surface area (Å²) in [5.74, 6) is 1.04. The predicted octanol–water partition coefficient (Wildman–Crippen LogP) is 3.30. The van der Waals surface area contributed by atoms with E-state index in [1.807, 2.05) is 0 Å². The van der Waals surface area contributed by atoms with Crippen LogP contribution in [0.3, 0.4) is 0 Å². The molecule has 5 nitrogen and oxygen atoms in total. The van der Waals surface area contributed by atoms with E-state index in [2.05, 4.69) is 6.58 Å². The minimum atomic E-state index is -0.281. The van der Waals surface area contributed by atoms with Crippen LogP contribution >= 0.6 is 0 Å². The van der Waals surface area contributed by atoms with E-state index in [0.717, 1.165) is 32.1 Å². The summed E-state index contributed by atoms with van der Waals surface area (Å²) in [5.41, 5.74) is 13.2. The molecule has 0 bridgehead atoms. The van der Waals surface area contributed by atoms with Crippen LogP contribution in [0.1, 0.15) is 39.0 Å². The van der Waals surface area contributed by atoms with Gasteiger partial charge < -0.3 is 20.9 Å². The molecule has 0 radical (unpaired) electrons. The molecule has 126 valence electrons. The predicted molar refractivity (Wildman–Crippen MR) is 92.0 cm³/mol. The highest BCUT2D eigenvalue weighted by Gasteiger charge is 2.24. The van der Waals surface area contributed by atoms with Gasteiger partial charge in [-0.05, 0) is 51.0 Å². The average molecular weight is 318 g/mol. The van der Waals surface area contributed by atoms with Crippen LogP contribution in [0.2, 0.25) is 0 Å². The third-order valence-electron chi connectivity index (χ3n) is 4.16. The zero-order valence-corrected chi connectivity index (χ0v) is 13.7. The van der Waals surface area contributed by atoms with Crippen molar-refractivity contribution in [3.8, 4) is 5.75 Å². The summed E-state index contributed by atoms with van der Waals surface area (Å²) in [4.78, 5) is 11.5. The number of nitrogen functional groups attached to an aromatic ring is 2. The van der Waals surface area contributed by atoms with E-state index in [9.17, 15) is 4.79 Å². The summed E-state index contributed by atoms with van der Waals surface area (Å²) in [6.45, 7) is 5.93. The van der Waals surface area contributed by atoms with Crippen LogP contribution in [0.4, 0.5) is 11.4 Å². The molecule has 23 heavy (non-hydrogen) atoms. The molecule has 0 aliphatic heterocycles. The van der Waals surface area contributed by atoms with Gasteiger partial charge in [0.1, 0.15) is 11.9 Å². The molecule has 0 amide bonds. The van der Waals surface area contributed by atoms with Crippen LogP contribution in [0, 0.1) is 5.92 Å². The lowest BCUT2D eigenvalue weighted by molar-refractivity contribution is -0.146. The minimum absolute atomic E-state index is 0.0325. The molecule has 1 aliphatic carbocycles. The van der Waals surface area contributed by atoms with Crippen molar-refractivity contribution in [2.75, 3.05) is 18.1 Å². The Kier molecular flexibility index (Phi) is 5.90. The summed E-state index contributed by atoms with van der Waals surface area (Å²) in [6.07, 6.45) is 4.94. The highest BCUT2D eigenvalue weighted by atomic mass is 16.5. The number of benzene rings is 1. The van der Waals surface area contributed by atoms with Gasteiger partial charge >= 0.3 is 5.97 Å². The molecule has 1 aromatic carbocycles. The summed E-state index contributed by atoms with van der Waals surface area (Å²) >= 11 is 0. The van der Waals surface area contributed by atoms with Crippen molar-refractivity contribution in [2.45, 2.75) is 45.1 Å². The third kappa shape index (κ3) is 5.51. The molecular formula is C18H26N2O3. The van der Waals surface area contributed by atoms with Crippen LogP contribution < -0.4 is 16.2 Å². The fraction of sp³-hybridized carbons (Fsp3) is 0.500. The van der Waals surface area contributed by atoms with E-state index in [4.69, 9.17) is 20.9 Å². The molecule has 1 aliphatic rings. The topological polar surface area (TPSA) is 87.6 Å². The van der Waals surface area contributed by atoms with Gasteiger partial charge in [-0.25, -0.2) is 4.79 Å². The second-order valence-electron chi connectivity index (χ2n) is 6.30. The van der Waals surface area contributed by atoms with Crippen LogP contribution in [0.5, 0.6) is 5.75 Å². The largest absolute Gasteiger partial charge is 0.493 e. The van der Waals surface area contributed by atoms with Crippen molar-refractivity contribution in [3.63, 3.8) is 0 Å². The summed E-state index contributed by atoms with van der Waals surface area (Å²) in [7, 11) is 0. The zero-order chi connectivity index (χ0) is 16.8. The maximum absolute atomic E-state index is 11.5. The zero-order valence-electron chi connectivity index (χ0n) is 13.7. The van der Waals surface area contributed by atoms with Crippen LogP contribution in [-0.4, -0.2) is 18.7 Å². The Labute approximate surface area is 137 Å². The SMILES string of the molecule is C=C(C)C(=O)OC1CCC(CCOc2cc(N)cc(N)c2)CC1. The summed E-state index contributed by atoms with van der Waals surface area (Å²) in [5, 5.41) is 0. The second-order valence-corrected chi connectivity index (χ2v) is 6.30.